The summed E-state index contributed by atoms with van der Waals surface area (Å²) in [4.78, 5) is 4.36. The van der Waals surface area contributed by atoms with Crippen LogP contribution in [0.4, 0.5) is 0 Å². The van der Waals surface area contributed by atoms with Crippen molar-refractivity contribution >= 4 is 43.9 Å². The maximum Gasteiger partial charge on any atom is 0.394 e. The van der Waals surface area contributed by atoms with Gasteiger partial charge in [-0.1, -0.05) is 24.3 Å². The third-order valence-corrected chi connectivity index (χ3v) is 2.17. The quantitative estimate of drug-likeness (QED) is 0.431. The lowest BCUT2D eigenvalue weighted by atomic mass is 10.2. The minimum absolute atomic E-state index is 1.04. The van der Waals surface area contributed by atoms with Crippen LogP contribution in [-0.4, -0.2) is 22.5 Å². The fourth-order valence-electron chi connectivity index (χ4n) is 1.04. The molecule has 86 valence electrons. The van der Waals surface area contributed by atoms with E-state index in [1.54, 1.807) is 0 Å². The summed E-state index contributed by atoms with van der Waals surface area (Å²) >= 11 is 2.22. The summed E-state index contributed by atoms with van der Waals surface area (Å²) in [6.45, 7) is 0. The molecule has 0 aliphatic heterocycles. The molecule has 0 bridgehead atoms. The van der Waals surface area contributed by atoms with E-state index < -0.39 is 10.4 Å². The third-order valence-electron chi connectivity index (χ3n) is 1.56. The van der Waals surface area contributed by atoms with E-state index in [0.717, 1.165) is 9.22 Å². The first-order chi connectivity index (χ1) is 7.36. The van der Waals surface area contributed by atoms with E-state index in [1.807, 2.05) is 24.3 Å². The van der Waals surface area contributed by atoms with Gasteiger partial charge in [-0.05, 0) is 34.7 Å². The Morgan fingerprint density at radius 3 is 2.25 bits per heavy atom. The van der Waals surface area contributed by atoms with Crippen molar-refractivity contribution in [2.24, 2.45) is 0 Å². The van der Waals surface area contributed by atoms with Crippen LogP contribution in [0.1, 0.15) is 0 Å². The molecule has 16 heavy (non-hydrogen) atoms. The van der Waals surface area contributed by atoms with Crippen molar-refractivity contribution in [3.63, 3.8) is 0 Å². The van der Waals surface area contributed by atoms with E-state index in [4.69, 9.17) is 17.5 Å². The number of benzene rings is 1. The predicted octanol–water partition coefficient (Wildman–Crippen LogP) is 2.19. The molecule has 0 atom stereocenters. The van der Waals surface area contributed by atoms with Gasteiger partial charge in [-0.3, -0.25) is 9.11 Å². The molecule has 1 aromatic heterocycles. The standard InChI is InChI=1S/C9H6IN.H2O4S/c10-9-6-5-7-3-1-2-4-8(7)11-9;1-5(2,3)4/h1-6H;(H2,1,2,3,4). The van der Waals surface area contributed by atoms with Crippen LogP contribution in [-0.2, 0) is 10.4 Å². The Morgan fingerprint density at radius 2 is 1.62 bits per heavy atom. The number of para-hydroxylation sites is 1. The first-order valence-electron chi connectivity index (χ1n) is 4.07. The number of rotatable bonds is 0. The van der Waals surface area contributed by atoms with Gasteiger partial charge >= 0.3 is 10.4 Å². The molecule has 0 unspecified atom stereocenters. The zero-order valence-electron chi connectivity index (χ0n) is 7.91. The lowest BCUT2D eigenvalue weighted by Gasteiger charge is -1.94. The van der Waals surface area contributed by atoms with E-state index in [-0.39, 0.29) is 0 Å². The number of halogens is 1. The molecule has 0 saturated carbocycles. The zero-order chi connectivity index (χ0) is 12.2. The van der Waals surface area contributed by atoms with Crippen molar-refractivity contribution < 1.29 is 17.5 Å². The third kappa shape index (κ3) is 5.35. The van der Waals surface area contributed by atoms with Crippen LogP contribution >= 0.6 is 22.6 Å². The molecular weight excluding hydrogens is 345 g/mol. The normalized spacial score (nSPS) is 10.7. The topological polar surface area (TPSA) is 87.5 Å². The second kappa shape index (κ2) is 5.53. The molecule has 0 spiro atoms. The Hall–Kier alpha value is -0.770. The van der Waals surface area contributed by atoms with E-state index in [2.05, 4.69) is 39.7 Å². The number of pyridine rings is 1. The van der Waals surface area contributed by atoms with Gasteiger partial charge in [0.25, 0.3) is 0 Å². The minimum atomic E-state index is -4.67. The van der Waals surface area contributed by atoms with E-state index >= 15 is 0 Å². The highest BCUT2D eigenvalue weighted by Gasteiger charge is 1.92. The number of hydrogen-bond acceptors (Lipinski definition) is 3. The van der Waals surface area contributed by atoms with Crippen molar-refractivity contribution in [1.29, 1.82) is 0 Å². The SMILES string of the molecule is Ic1ccc2ccccc2n1.O=S(=O)(O)O. The lowest BCUT2D eigenvalue weighted by molar-refractivity contribution is 0.381. The molecule has 1 heterocycles. The Balaban J connectivity index is 0.000000221. The first kappa shape index (κ1) is 13.3. The number of hydrogen-bond donors (Lipinski definition) is 2. The van der Waals surface area contributed by atoms with Gasteiger partial charge < -0.3 is 0 Å². The van der Waals surface area contributed by atoms with Crippen LogP contribution in [0.15, 0.2) is 36.4 Å². The maximum atomic E-state index is 8.74. The van der Waals surface area contributed by atoms with Gasteiger partial charge in [-0.25, -0.2) is 4.98 Å². The maximum absolute atomic E-state index is 8.74. The van der Waals surface area contributed by atoms with Crippen LogP contribution in [0, 0.1) is 3.70 Å². The Morgan fingerprint density at radius 1 is 1.06 bits per heavy atom. The van der Waals surface area contributed by atoms with Gasteiger partial charge in [0.15, 0.2) is 0 Å². The van der Waals surface area contributed by atoms with Crippen molar-refractivity contribution in [1.82, 2.24) is 4.98 Å². The lowest BCUT2D eigenvalue weighted by Crippen LogP contribution is -1.89. The summed E-state index contributed by atoms with van der Waals surface area (Å²) < 4.78 is 32.6. The molecule has 0 saturated heterocycles. The van der Waals surface area contributed by atoms with E-state index in [9.17, 15) is 0 Å². The summed E-state index contributed by atoms with van der Waals surface area (Å²) in [5, 5.41) is 1.20. The second-order valence-corrected chi connectivity index (χ2v) is 4.78. The molecule has 0 aliphatic rings. The minimum Gasteiger partial charge on any atom is -0.264 e. The van der Waals surface area contributed by atoms with Gasteiger partial charge in [0.2, 0.25) is 0 Å². The summed E-state index contributed by atoms with van der Waals surface area (Å²) in [6, 6.07) is 12.2. The summed E-state index contributed by atoms with van der Waals surface area (Å²) in [7, 11) is -4.67. The van der Waals surface area contributed by atoms with Gasteiger partial charge in [-0.15, -0.1) is 0 Å². The molecule has 0 amide bonds. The molecule has 0 fully saturated rings. The molecule has 1 aromatic carbocycles. The molecule has 7 heteroatoms. The number of fused-ring (bicyclic) bond motifs is 1. The summed E-state index contributed by atoms with van der Waals surface area (Å²) in [5.41, 5.74) is 1.07. The van der Waals surface area contributed by atoms with E-state index in [0.29, 0.717) is 0 Å². The molecule has 2 rings (SSSR count). The van der Waals surface area contributed by atoms with Crippen LogP contribution in [0.25, 0.3) is 10.9 Å². The molecule has 0 radical (unpaired) electrons. The highest BCUT2D eigenvalue weighted by Crippen LogP contribution is 2.12. The van der Waals surface area contributed by atoms with Gasteiger partial charge in [-0.2, -0.15) is 8.42 Å². The van der Waals surface area contributed by atoms with Crippen LogP contribution in [0.3, 0.4) is 0 Å². The van der Waals surface area contributed by atoms with Crippen molar-refractivity contribution in [3.05, 3.63) is 40.1 Å². The predicted molar refractivity (Wildman–Crippen MR) is 68.6 cm³/mol. The molecule has 0 aliphatic carbocycles. The Bertz CT molecular complexity index is 577. The smallest absolute Gasteiger partial charge is 0.264 e. The first-order valence-corrected chi connectivity index (χ1v) is 6.55. The van der Waals surface area contributed by atoms with Gasteiger partial charge in [0.05, 0.1) is 5.52 Å². The zero-order valence-corrected chi connectivity index (χ0v) is 10.9. The second-order valence-electron chi connectivity index (χ2n) is 2.77. The number of nitrogens with zero attached hydrogens (tertiary/aromatic N) is 1. The van der Waals surface area contributed by atoms with Crippen LogP contribution < -0.4 is 0 Å². The largest absolute Gasteiger partial charge is 0.394 e. The van der Waals surface area contributed by atoms with Gasteiger partial charge in [0.1, 0.15) is 3.70 Å². The molecular formula is C9H8INO4S. The summed E-state index contributed by atoms with van der Waals surface area (Å²) in [5.74, 6) is 0. The van der Waals surface area contributed by atoms with Crippen molar-refractivity contribution in [2.75, 3.05) is 0 Å². The average Bonchev–Trinajstić information content (AvgIpc) is 2.15. The molecule has 2 aromatic rings. The highest BCUT2D eigenvalue weighted by atomic mass is 127. The van der Waals surface area contributed by atoms with Crippen molar-refractivity contribution in [2.45, 2.75) is 0 Å². The average molecular weight is 353 g/mol. The highest BCUT2D eigenvalue weighted by molar-refractivity contribution is 14.1. The van der Waals surface area contributed by atoms with Crippen LogP contribution in [0.5, 0.6) is 0 Å². The number of aromatic nitrogens is 1. The fraction of sp³-hybridized carbons (Fsp3) is 0. The van der Waals surface area contributed by atoms with Crippen LogP contribution in [0.2, 0.25) is 0 Å². The fourth-order valence-corrected chi connectivity index (χ4v) is 1.48. The Labute approximate surface area is 106 Å². The monoisotopic (exact) mass is 353 g/mol. The molecule has 2 N–H and O–H groups in total. The van der Waals surface area contributed by atoms with E-state index in [1.165, 1.54) is 5.39 Å². The summed E-state index contributed by atoms with van der Waals surface area (Å²) in [6.07, 6.45) is 0. The molecule has 5 nitrogen and oxygen atoms in total. The van der Waals surface area contributed by atoms with Crippen molar-refractivity contribution in [3.8, 4) is 0 Å². The Kier molecular flexibility index (Phi) is 4.59. The van der Waals surface area contributed by atoms with Gasteiger partial charge in [0, 0.05) is 5.39 Å².